The zero-order valence-electron chi connectivity index (χ0n) is 30.4. The van der Waals surface area contributed by atoms with Crippen LogP contribution in [0, 0.1) is 0 Å². The van der Waals surface area contributed by atoms with Gasteiger partial charge in [-0.2, -0.15) is 0 Å². The fourth-order valence-electron chi connectivity index (χ4n) is 7.33. The maximum Gasteiger partial charge on any atom is 0.160 e. The summed E-state index contributed by atoms with van der Waals surface area (Å²) >= 11 is 0. The summed E-state index contributed by atoms with van der Waals surface area (Å²) in [6, 6.07) is 67.7. The molecule has 0 saturated heterocycles. The second kappa shape index (κ2) is 14.3. The third kappa shape index (κ3) is 6.61. The lowest BCUT2D eigenvalue weighted by Crippen LogP contribution is -1.97. The smallest absolute Gasteiger partial charge is 0.160 e. The molecule has 0 aliphatic rings. The Bertz CT molecular complexity index is 2800. The van der Waals surface area contributed by atoms with E-state index in [1.165, 1.54) is 11.1 Å². The predicted octanol–water partition coefficient (Wildman–Crippen LogP) is 13.2. The van der Waals surface area contributed by atoms with Crippen molar-refractivity contribution in [2.75, 3.05) is 0 Å². The van der Waals surface area contributed by atoms with Crippen LogP contribution in [0.3, 0.4) is 0 Å². The van der Waals surface area contributed by atoms with Crippen LogP contribution in [0.1, 0.15) is 0 Å². The van der Waals surface area contributed by atoms with E-state index in [1.807, 2.05) is 36.7 Å². The number of hydrogen-bond donors (Lipinski definition) is 0. The molecule has 0 aliphatic heterocycles. The molecule has 0 amide bonds. The molecule has 56 heavy (non-hydrogen) atoms. The third-order valence-electron chi connectivity index (χ3n) is 10.3. The van der Waals surface area contributed by atoms with E-state index in [9.17, 15) is 0 Å². The van der Waals surface area contributed by atoms with Gasteiger partial charge in [0.1, 0.15) is 0 Å². The van der Waals surface area contributed by atoms with Gasteiger partial charge in [-0.3, -0.25) is 9.97 Å². The van der Waals surface area contributed by atoms with E-state index in [0.717, 1.165) is 83.3 Å². The molecule has 3 heterocycles. The summed E-state index contributed by atoms with van der Waals surface area (Å²) in [6.45, 7) is 0. The fraction of sp³-hybridized carbons (Fsp3) is 0. The van der Waals surface area contributed by atoms with E-state index in [4.69, 9.17) is 19.9 Å². The van der Waals surface area contributed by atoms with Crippen LogP contribution in [0.25, 0.3) is 100 Å². The van der Waals surface area contributed by atoms with Crippen LogP contribution < -0.4 is 0 Å². The average Bonchev–Trinajstić information content (AvgIpc) is 3.29. The van der Waals surface area contributed by atoms with Gasteiger partial charge in [-0.15, -0.1) is 0 Å². The number of aromatic nitrogens is 4. The van der Waals surface area contributed by atoms with Gasteiger partial charge in [-0.05, 0) is 69.4 Å². The molecular formula is C52H34N4. The number of nitrogens with zero attached hydrogens (tertiary/aromatic N) is 4. The second-order valence-electron chi connectivity index (χ2n) is 14.0. The van der Waals surface area contributed by atoms with Crippen molar-refractivity contribution >= 4 is 21.5 Å². The van der Waals surface area contributed by atoms with E-state index in [-0.39, 0.29) is 0 Å². The maximum absolute atomic E-state index is 5.28. The van der Waals surface area contributed by atoms with Crippen LogP contribution in [0.5, 0.6) is 0 Å². The molecule has 0 fully saturated rings. The predicted molar refractivity (Wildman–Crippen MR) is 231 cm³/mol. The van der Waals surface area contributed by atoms with E-state index in [2.05, 4.69) is 170 Å². The molecule has 10 rings (SSSR count). The largest absolute Gasteiger partial charge is 0.256 e. The van der Waals surface area contributed by atoms with Gasteiger partial charge in [0.25, 0.3) is 0 Å². The molecular weight excluding hydrogens is 681 g/mol. The molecule has 10 aromatic rings. The van der Waals surface area contributed by atoms with Crippen molar-refractivity contribution in [1.29, 1.82) is 0 Å². The number of benzene rings is 7. The van der Waals surface area contributed by atoms with E-state index >= 15 is 0 Å². The summed E-state index contributed by atoms with van der Waals surface area (Å²) in [5.41, 5.74) is 13.0. The van der Waals surface area contributed by atoms with Crippen LogP contribution in [0.4, 0.5) is 0 Å². The van der Waals surface area contributed by atoms with Gasteiger partial charge in [-0.1, -0.05) is 158 Å². The Morgan fingerprint density at radius 3 is 1.07 bits per heavy atom. The molecule has 4 nitrogen and oxygen atoms in total. The quantitative estimate of drug-likeness (QED) is 0.165. The zero-order chi connectivity index (χ0) is 37.3. The molecule has 7 aromatic carbocycles. The summed E-state index contributed by atoms with van der Waals surface area (Å²) in [4.78, 5) is 20.4. The highest BCUT2D eigenvalue weighted by Gasteiger charge is 2.15. The van der Waals surface area contributed by atoms with Crippen LogP contribution in [-0.4, -0.2) is 19.9 Å². The van der Waals surface area contributed by atoms with Crippen molar-refractivity contribution in [1.82, 2.24) is 19.9 Å². The lowest BCUT2D eigenvalue weighted by atomic mass is 9.96. The minimum absolute atomic E-state index is 0.656. The van der Waals surface area contributed by atoms with Crippen LogP contribution in [-0.2, 0) is 0 Å². The zero-order valence-corrected chi connectivity index (χ0v) is 30.4. The van der Waals surface area contributed by atoms with Crippen molar-refractivity contribution in [2.24, 2.45) is 0 Å². The van der Waals surface area contributed by atoms with Crippen molar-refractivity contribution in [3.05, 3.63) is 207 Å². The first-order valence-electron chi connectivity index (χ1n) is 18.8. The Kier molecular flexibility index (Phi) is 8.47. The lowest BCUT2D eigenvalue weighted by Gasteiger charge is -2.14. The van der Waals surface area contributed by atoms with E-state index in [0.29, 0.717) is 5.82 Å². The topological polar surface area (TPSA) is 51.6 Å². The molecule has 0 radical (unpaired) electrons. The van der Waals surface area contributed by atoms with Crippen LogP contribution >= 0.6 is 0 Å². The Hall–Kier alpha value is -7.56. The van der Waals surface area contributed by atoms with Gasteiger partial charge in [-0.25, -0.2) is 9.97 Å². The van der Waals surface area contributed by atoms with Gasteiger partial charge < -0.3 is 0 Å². The molecule has 4 heteroatoms. The SMILES string of the molecule is c1ccc(-c2ccc(-c3cc(-c4cc(-c5cc6ccccc6cn5)cc(-c5cc6ccccc6cn5)c4)nc(-c4ccc(-c5ccccc5)cc4)n3)cc2)cc1. The van der Waals surface area contributed by atoms with Crippen molar-refractivity contribution in [3.8, 4) is 78.7 Å². The Balaban J connectivity index is 1.15. The minimum Gasteiger partial charge on any atom is -0.256 e. The summed E-state index contributed by atoms with van der Waals surface area (Å²) in [7, 11) is 0. The molecule has 0 N–H and O–H groups in total. The molecule has 0 unspecified atom stereocenters. The van der Waals surface area contributed by atoms with Gasteiger partial charge in [0, 0.05) is 51.0 Å². The summed E-state index contributed by atoms with van der Waals surface area (Å²) in [5.74, 6) is 0.656. The molecule has 0 saturated carbocycles. The monoisotopic (exact) mass is 714 g/mol. The van der Waals surface area contributed by atoms with Crippen LogP contribution in [0.15, 0.2) is 207 Å². The first-order chi connectivity index (χ1) is 27.7. The highest BCUT2D eigenvalue weighted by atomic mass is 14.9. The molecule has 0 spiro atoms. The average molecular weight is 715 g/mol. The van der Waals surface area contributed by atoms with Crippen LogP contribution in [0.2, 0.25) is 0 Å². The lowest BCUT2D eigenvalue weighted by molar-refractivity contribution is 1.18. The third-order valence-corrected chi connectivity index (χ3v) is 10.3. The second-order valence-corrected chi connectivity index (χ2v) is 14.0. The molecule has 262 valence electrons. The van der Waals surface area contributed by atoms with E-state index in [1.54, 1.807) is 0 Å². The standard InChI is InChI=1S/C52H34N4/c1-3-11-35(12-4-1)37-19-23-39(24-20-37)50-32-51(56-52(55-50)40-25-21-38(22-26-40)36-13-5-2-6-14-36)47-28-45(48-30-41-15-7-9-17-43(41)33-53-48)27-46(29-47)49-31-42-16-8-10-18-44(42)34-54-49/h1-34H. The molecule has 0 bridgehead atoms. The summed E-state index contributed by atoms with van der Waals surface area (Å²) in [5, 5.41) is 4.48. The van der Waals surface area contributed by atoms with Crippen molar-refractivity contribution in [2.45, 2.75) is 0 Å². The molecule has 0 aliphatic carbocycles. The first-order valence-corrected chi connectivity index (χ1v) is 18.8. The molecule has 0 atom stereocenters. The Morgan fingerprint density at radius 2 is 0.589 bits per heavy atom. The summed E-state index contributed by atoms with van der Waals surface area (Å²) < 4.78 is 0. The molecule has 3 aromatic heterocycles. The van der Waals surface area contributed by atoms with Crippen molar-refractivity contribution < 1.29 is 0 Å². The Morgan fingerprint density at radius 1 is 0.232 bits per heavy atom. The number of fused-ring (bicyclic) bond motifs is 2. The van der Waals surface area contributed by atoms with Gasteiger partial charge in [0.05, 0.1) is 22.8 Å². The van der Waals surface area contributed by atoms with Gasteiger partial charge >= 0.3 is 0 Å². The first kappa shape index (κ1) is 33.0. The van der Waals surface area contributed by atoms with Crippen molar-refractivity contribution in [3.63, 3.8) is 0 Å². The minimum atomic E-state index is 0.656. The van der Waals surface area contributed by atoms with Gasteiger partial charge in [0.15, 0.2) is 5.82 Å². The van der Waals surface area contributed by atoms with Gasteiger partial charge in [0.2, 0.25) is 0 Å². The number of hydrogen-bond acceptors (Lipinski definition) is 4. The fourth-order valence-corrected chi connectivity index (χ4v) is 7.33. The highest BCUT2D eigenvalue weighted by Crippen LogP contribution is 2.36. The maximum atomic E-state index is 5.28. The Labute approximate surface area is 325 Å². The van der Waals surface area contributed by atoms with E-state index < -0.39 is 0 Å². The highest BCUT2D eigenvalue weighted by molar-refractivity contribution is 5.89. The normalized spacial score (nSPS) is 11.2. The summed E-state index contributed by atoms with van der Waals surface area (Å²) in [6.07, 6.45) is 3.90. The number of pyridine rings is 2. The number of rotatable bonds is 7.